The average molecular weight is 462 g/mol. The molecule has 1 aliphatic carbocycles. The lowest BCUT2D eigenvalue weighted by atomic mass is 9.96. The van der Waals surface area contributed by atoms with Crippen LogP contribution in [0.2, 0.25) is 0 Å². The fraction of sp³-hybridized carbons (Fsp3) is 0.667. The number of carbonyl (C=O) groups excluding carboxylic acids is 1. The van der Waals surface area contributed by atoms with E-state index < -0.39 is 22.7 Å². The van der Waals surface area contributed by atoms with Gasteiger partial charge in [-0.3, -0.25) is 9.69 Å². The van der Waals surface area contributed by atoms with Crippen molar-refractivity contribution in [2.45, 2.75) is 55.6 Å². The summed E-state index contributed by atoms with van der Waals surface area (Å²) in [5.41, 5.74) is 0.238. The van der Waals surface area contributed by atoms with E-state index >= 15 is 0 Å². The second-order valence-electron chi connectivity index (χ2n) is 8.38. The van der Waals surface area contributed by atoms with Crippen molar-refractivity contribution in [2.75, 3.05) is 39.8 Å². The van der Waals surface area contributed by atoms with Gasteiger partial charge in [0, 0.05) is 44.8 Å². The summed E-state index contributed by atoms with van der Waals surface area (Å²) in [6.07, 6.45) is 0.945. The second kappa shape index (κ2) is 9.87. The first-order chi connectivity index (χ1) is 14.6. The minimum absolute atomic E-state index is 0.0386. The fourth-order valence-corrected chi connectivity index (χ4v) is 5.83. The number of alkyl halides is 3. The molecule has 1 heterocycles. The maximum absolute atomic E-state index is 13.1. The Hall–Kier alpha value is -1.65. The summed E-state index contributed by atoms with van der Waals surface area (Å²) in [7, 11) is -2.15. The van der Waals surface area contributed by atoms with Crippen LogP contribution in [0.5, 0.6) is 0 Å². The Labute approximate surface area is 182 Å². The van der Waals surface area contributed by atoms with E-state index in [1.54, 1.807) is 19.2 Å². The third-order valence-corrected chi connectivity index (χ3v) is 8.03. The second-order valence-corrected chi connectivity index (χ2v) is 10.4. The van der Waals surface area contributed by atoms with E-state index in [9.17, 15) is 26.4 Å². The van der Waals surface area contributed by atoms with Crippen molar-refractivity contribution in [3.05, 3.63) is 29.8 Å². The molecule has 0 radical (unpaired) electrons. The lowest BCUT2D eigenvalue weighted by Gasteiger charge is -2.30. The molecular formula is C21H30F3N3O3S. The summed E-state index contributed by atoms with van der Waals surface area (Å²) in [5.74, 6) is -0.355. The van der Waals surface area contributed by atoms with Crippen molar-refractivity contribution in [3.63, 3.8) is 0 Å². The van der Waals surface area contributed by atoms with Crippen LogP contribution in [0.3, 0.4) is 0 Å². The highest BCUT2D eigenvalue weighted by molar-refractivity contribution is 7.89. The maximum Gasteiger partial charge on any atom is 0.401 e. The molecule has 1 amide bonds. The zero-order valence-corrected chi connectivity index (χ0v) is 18.6. The summed E-state index contributed by atoms with van der Waals surface area (Å²) in [6, 6.07) is 5.93. The highest BCUT2D eigenvalue weighted by Gasteiger charge is 2.33. The molecule has 1 saturated carbocycles. The molecule has 2 fully saturated rings. The van der Waals surface area contributed by atoms with E-state index in [1.165, 1.54) is 26.2 Å². The Balaban J connectivity index is 1.71. The Morgan fingerprint density at radius 1 is 1.06 bits per heavy atom. The molecule has 0 unspecified atom stereocenters. The number of carbonyl (C=O) groups is 1. The number of benzene rings is 1. The minimum atomic E-state index is -4.27. The largest absolute Gasteiger partial charge is 0.401 e. The number of halogens is 3. The first-order valence-corrected chi connectivity index (χ1v) is 12.2. The fourth-order valence-electron chi connectivity index (χ4n) is 4.36. The van der Waals surface area contributed by atoms with Gasteiger partial charge in [-0.2, -0.15) is 17.5 Å². The summed E-state index contributed by atoms with van der Waals surface area (Å²) in [5, 5.41) is 0. The highest BCUT2D eigenvalue weighted by Crippen LogP contribution is 2.27. The van der Waals surface area contributed by atoms with Crippen LogP contribution in [-0.2, 0) is 10.0 Å². The van der Waals surface area contributed by atoms with Gasteiger partial charge in [0.1, 0.15) is 0 Å². The molecule has 1 saturated heterocycles. The number of hydrogen-bond donors (Lipinski definition) is 0. The topological polar surface area (TPSA) is 60.9 Å². The van der Waals surface area contributed by atoms with Gasteiger partial charge in [0.25, 0.3) is 5.91 Å². The molecule has 1 aromatic rings. The molecule has 3 rings (SSSR count). The van der Waals surface area contributed by atoms with Crippen LogP contribution in [0, 0.1) is 0 Å². The molecule has 0 bridgehead atoms. The number of rotatable bonds is 5. The summed E-state index contributed by atoms with van der Waals surface area (Å²) < 4.78 is 65.6. The molecule has 0 spiro atoms. The first kappa shape index (κ1) is 24.0. The number of sulfonamides is 1. The quantitative estimate of drug-likeness (QED) is 0.675. The van der Waals surface area contributed by atoms with Gasteiger partial charge in [-0.25, -0.2) is 8.42 Å². The van der Waals surface area contributed by atoms with Crippen molar-refractivity contribution in [1.82, 2.24) is 14.1 Å². The van der Waals surface area contributed by atoms with Crippen molar-refractivity contribution >= 4 is 15.9 Å². The van der Waals surface area contributed by atoms with Crippen LogP contribution in [-0.4, -0.2) is 80.4 Å². The van der Waals surface area contributed by atoms with Crippen LogP contribution >= 0.6 is 0 Å². The summed E-state index contributed by atoms with van der Waals surface area (Å²) >= 11 is 0. The molecule has 10 heteroatoms. The van der Waals surface area contributed by atoms with Gasteiger partial charge >= 0.3 is 6.18 Å². The van der Waals surface area contributed by atoms with E-state index in [-0.39, 0.29) is 42.0 Å². The molecule has 31 heavy (non-hydrogen) atoms. The van der Waals surface area contributed by atoms with Crippen LogP contribution < -0.4 is 0 Å². The number of hydrogen-bond acceptors (Lipinski definition) is 4. The van der Waals surface area contributed by atoms with Crippen LogP contribution in [0.4, 0.5) is 13.2 Å². The lowest BCUT2D eigenvalue weighted by molar-refractivity contribution is -0.145. The predicted octanol–water partition coefficient (Wildman–Crippen LogP) is 3.35. The van der Waals surface area contributed by atoms with Crippen molar-refractivity contribution in [1.29, 1.82) is 0 Å². The van der Waals surface area contributed by atoms with Gasteiger partial charge in [-0.05, 0) is 37.5 Å². The first-order valence-electron chi connectivity index (χ1n) is 10.7. The Kier molecular flexibility index (Phi) is 7.64. The molecule has 0 aromatic heterocycles. The summed E-state index contributed by atoms with van der Waals surface area (Å²) in [6.45, 7) is -0.0756. The van der Waals surface area contributed by atoms with Crippen LogP contribution in [0.25, 0.3) is 0 Å². The van der Waals surface area contributed by atoms with E-state index in [0.717, 1.165) is 32.1 Å². The molecule has 0 atom stereocenters. The molecular weight excluding hydrogens is 431 g/mol. The molecule has 2 aliphatic rings. The van der Waals surface area contributed by atoms with E-state index in [2.05, 4.69) is 0 Å². The normalized spacial score (nSPS) is 20.1. The molecule has 0 N–H and O–H groups in total. The zero-order valence-electron chi connectivity index (χ0n) is 17.8. The number of amides is 1. The van der Waals surface area contributed by atoms with Gasteiger partial charge in [0.05, 0.1) is 11.4 Å². The summed E-state index contributed by atoms with van der Waals surface area (Å²) in [4.78, 5) is 15.8. The third kappa shape index (κ3) is 6.20. The predicted molar refractivity (Wildman–Crippen MR) is 111 cm³/mol. The SMILES string of the molecule is CN(C1CCCCC1)S(=O)(=O)c1cccc(C(=O)N2CCCN(CC(F)(F)F)CC2)c1. The third-order valence-electron chi connectivity index (χ3n) is 6.13. The molecule has 174 valence electrons. The smallest absolute Gasteiger partial charge is 0.337 e. The van der Waals surface area contributed by atoms with Crippen molar-refractivity contribution in [3.8, 4) is 0 Å². The van der Waals surface area contributed by atoms with E-state index in [4.69, 9.17) is 0 Å². The molecule has 1 aliphatic heterocycles. The van der Waals surface area contributed by atoms with Crippen LogP contribution in [0.1, 0.15) is 48.9 Å². The van der Waals surface area contributed by atoms with Gasteiger partial charge in [0.15, 0.2) is 0 Å². The van der Waals surface area contributed by atoms with E-state index in [0.29, 0.717) is 13.0 Å². The Morgan fingerprint density at radius 2 is 1.77 bits per heavy atom. The van der Waals surface area contributed by atoms with Gasteiger partial charge in [0.2, 0.25) is 10.0 Å². The van der Waals surface area contributed by atoms with Crippen molar-refractivity contribution in [2.24, 2.45) is 0 Å². The van der Waals surface area contributed by atoms with Gasteiger partial charge in [-0.1, -0.05) is 25.3 Å². The Morgan fingerprint density at radius 3 is 2.45 bits per heavy atom. The zero-order chi connectivity index (χ0) is 22.6. The van der Waals surface area contributed by atoms with Crippen LogP contribution in [0.15, 0.2) is 29.2 Å². The Bertz CT molecular complexity index is 870. The van der Waals surface area contributed by atoms with Gasteiger partial charge in [-0.15, -0.1) is 0 Å². The molecule has 1 aromatic carbocycles. The van der Waals surface area contributed by atoms with Crippen molar-refractivity contribution < 1.29 is 26.4 Å². The number of nitrogens with zero attached hydrogens (tertiary/aromatic N) is 3. The highest BCUT2D eigenvalue weighted by atomic mass is 32.2. The monoisotopic (exact) mass is 461 g/mol. The lowest BCUT2D eigenvalue weighted by Crippen LogP contribution is -2.39. The van der Waals surface area contributed by atoms with E-state index in [1.807, 2.05) is 0 Å². The van der Waals surface area contributed by atoms with Gasteiger partial charge < -0.3 is 4.90 Å². The average Bonchev–Trinajstić information content (AvgIpc) is 2.97. The minimum Gasteiger partial charge on any atom is -0.337 e. The maximum atomic E-state index is 13.1. The molecule has 6 nitrogen and oxygen atoms in total. The standard InChI is InChI=1S/C21H30F3N3O3S/c1-25(18-8-3-2-4-9-18)31(29,30)19-10-5-7-17(15-19)20(28)27-12-6-11-26(13-14-27)16-21(22,23)24/h5,7,10,15,18H,2-4,6,8-9,11-14,16H2,1H3.